The van der Waals surface area contributed by atoms with E-state index in [1.165, 1.54) is 0 Å². The van der Waals surface area contributed by atoms with Crippen LogP contribution in [0.3, 0.4) is 0 Å². The Morgan fingerprint density at radius 2 is 1.81 bits per heavy atom. The van der Waals surface area contributed by atoms with E-state index < -0.39 is 17.7 Å². The Hall–Kier alpha value is -3.95. The molecule has 9 heteroatoms. The van der Waals surface area contributed by atoms with Crippen molar-refractivity contribution >= 4 is 17.4 Å². The second-order valence-corrected chi connectivity index (χ2v) is 14.5. The number of benzene rings is 2. The third-order valence-corrected chi connectivity index (χ3v) is 9.27. The maximum Gasteiger partial charge on any atom is 0.337 e. The molecule has 2 aromatic carbocycles. The highest BCUT2D eigenvalue weighted by molar-refractivity contribution is 5.80. The van der Waals surface area contributed by atoms with Gasteiger partial charge in [-0.05, 0) is 104 Å². The van der Waals surface area contributed by atoms with Crippen LogP contribution in [0, 0.1) is 13.8 Å². The maximum absolute atomic E-state index is 12.8. The molecular formula is C38H48N4O5. The monoisotopic (exact) mass is 640 g/mol. The van der Waals surface area contributed by atoms with E-state index >= 15 is 0 Å². The Bertz CT molecular complexity index is 1770. The van der Waals surface area contributed by atoms with Crippen molar-refractivity contribution in [2.75, 3.05) is 24.6 Å². The molecule has 2 aromatic heterocycles. The van der Waals surface area contributed by atoms with Gasteiger partial charge in [0.2, 0.25) is 0 Å². The van der Waals surface area contributed by atoms with E-state index in [0.29, 0.717) is 42.4 Å². The molecule has 2 unspecified atom stereocenters. The molecule has 1 fully saturated rings. The second-order valence-electron chi connectivity index (χ2n) is 14.5. The summed E-state index contributed by atoms with van der Waals surface area (Å²) in [5.41, 5.74) is 5.76. The Labute approximate surface area is 277 Å². The number of aliphatic carboxylic acids is 1. The minimum atomic E-state index is -1.21. The van der Waals surface area contributed by atoms with Crippen molar-refractivity contribution in [2.45, 2.75) is 104 Å². The number of carboxylic acids is 1. The lowest BCUT2D eigenvalue weighted by atomic mass is 9.92. The van der Waals surface area contributed by atoms with Crippen LogP contribution in [0.5, 0.6) is 5.75 Å². The van der Waals surface area contributed by atoms with Crippen LogP contribution in [-0.2, 0) is 14.3 Å². The highest BCUT2D eigenvalue weighted by Gasteiger charge is 2.38. The number of aromatic nitrogens is 3. The van der Waals surface area contributed by atoms with E-state index in [9.17, 15) is 9.90 Å². The molecule has 0 aliphatic carbocycles. The molecule has 6 bridgehead atoms. The summed E-state index contributed by atoms with van der Waals surface area (Å²) in [6.45, 7) is 16.0. The van der Waals surface area contributed by atoms with Crippen LogP contribution in [0.4, 0.5) is 5.82 Å². The lowest BCUT2D eigenvalue weighted by Crippen LogP contribution is -2.46. The molecule has 250 valence electrons. The van der Waals surface area contributed by atoms with Gasteiger partial charge in [-0.1, -0.05) is 30.3 Å². The molecule has 1 saturated heterocycles. The summed E-state index contributed by atoms with van der Waals surface area (Å²) in [4.78, 5) is 20.0. The number of hydrogen-bond donors (Lipinski definition) is 1. The summed E-state index contributed by atoms with van der Waals surface area (Å²) in [5, 5.41) is 15.6. The number of anilines is 1. The van der Waals surface area contributed by atoms with Crippen LogP contribution in [0.25, 0.3) is 28.0 Å². The third-order valence-electron chi connectivity index (χ3n) is 9.27. The number of nitrogens with zero attached hydrogens (tertiary/aromatic N) is 4. The highest BCUT2D eigenvalue weighted by atomic mass is 16.5. The van der Waals surface area contributed by atoms with Gasteiger partial charge in [-0.25, -0.2) is 9.78 Å². The van der Waals surface area contributed by atoms with Gasteiger partial charge in [0, 0.05) is 42.6 Å². The lowest BCUT2D eigenvalue weighted by Gasteiger charge is -2.41. The first-order chi connectivity index (χ1) is 22.3. The summed E-state index contributed by atoms with van der Waals surface area (Å²) < 4.78 is 21.1. The molecule has 4 aromatic rings. The number of aryl methyl sites for hydroxylation is 2. The smallest absolute Gasteiger partial charge is 0.337 e. The number of hydrogen-bond acceptors (Lipinski definition) is 7. The van der Waals surface area contributed by atoms with Crippen molar-refractivity contribution in [2.24, 2.45) is 0 Å². The lowest BCUT2D eigenvalue weighted by molar-refractivity contribution is -0.160. The minimum absolute atomic E-state index is 0.0698. The van der Waals surface area contributed by atoms with Crippen LogP contribution < -0.4 is 9.64 Å². The maximum atomic E-state index is 12.8. The van der Waals surface area contributed by atoms with Crippen LogP contribution in [-0.4, -0.2) is 62.7 Å². The van der Waals surface area contributed by atoms with Gasteiger partial charge >= 0.3 is 5.97 Å². The van der Waals surface area contributed by atoms with E-state index in [1.54, 1.807) is 0 Å². The topological polar surface area (TPSA) is 98.4 Å². The first-order valence-electron chi connectivity index (χ1n) is 16.9. The molecule has 3 aliphatic rings. The normalized spacial score (nSPS) is 21.3. The summed E-state index contributed by atoms with van der Waals surface area (Å²) in [5.74, 6) is 0.532. The quantitative estimate of drug-likeness (QED) is 0.241. The average molecular weight is 641 g/mol. The molecule has 7 rings (SSSR count). The molecule has 0 spiro atoms. The fourth-order valence-corrected chi connectivity index (χ4v) is 6.73. The number of carboxylic acid groups (broad SMARTS) is 1. The summed E-state index contributed by atoms with van der Waals surface area (Å²) in [6, 6.07) is 16.7. The van der Waals surface area contributed by atoms with E-state index in [4.69, 9.17) is 24.3 Å². The van der Waals surface area contributed by atoms with Crippen LogP contribution >= 0.6 is 0 Å². The van der Waals surface area contributed by atoms with Gasteiger partial charge in [0.05, 0.1) is 28.6 Å². The third kappa shape index (κ3) is 7.16. The molecule has 0 amide bonds. The fourth-order valence-electron chi connectivity index (χ4n) is 6.73. The second kappa shape index (κ2) is 12.9. The Balaban J connectivity index is 1.53. The van der Waals surface area contributed by atoms with Crippen molar-refractivity contribution in [3.05, 3.63) is 65.4 Å². The predicted molar refractivity (Wildman–Crippen MR) is 184 cm³/mol. The molecule has 2 atom stereocenters. The molecule has 47 heavy (non-hydrogen) atoms. The Morgan fingerprint density at radius 1 is 1.06 bits per heavy atom. The number of ether oxygens (including phenoxy) is 3. The fraction of sp³-hybridized carbons (Fsp3) is 0.500. The number of piperidine rings is 1. The van der Waals surface area contributed by atoms with Crippen molar-refractivity contribution in [1.29, 1.82) is 0 Å². The van der Waals surface area contributed by atoms with Gasteiger partial charge in [-0.2, -0.15) is 9.61 Å². The van der Waals surface area contributed by atoms with E-state index in [1.807, 2.05) is 44.3 Å². The van der Waals surface area contributed by atoms with Crippen LogP contribution in [0.1, 0.15) is 89.6 Å². The zero-order valence-corrected chi connectivity index (χ0v) is 28.8. The highest BCUT2D eigenvalue weighted by Crippen LogP contribution is 2.39. The molecule has 1 N–H and O–H groups in total. The summed E-state index contributed by atoms with van der Waals surface area (Å²) in [7, 11) is 0. The van der Waals surface area contributed by atoms with Crippen molar-refractivity contribution in [1.82, 2.24) is 14.6 Å². The number of rotatable bonds is 3. The van der Waals surface area contributed by atoms with Gasteiger partial charge in [0.15, 0.2) is 11.8 Å². The summed E-state index contributed by atoms with van der Waals surface area (Å²) in [6.07, 6.45) is 3.39. The first-order valence-corrected chi connectivity index (χ1v) is 16.9. The molecule has 9 nitrogen and oxygen atoms in total. The molecule has 0 radical (unpaired) electrons. The van der Waals surface area contributed by atoms with Gasteiger partial charge in [-0.15, -0.1) is 0 Å². The number of fused-ring (bicyclic) bond motifs is 8. The molecular weight excluding hydrogens is 592 g/mol. The molecule has 5 heterocycles. The largest absolute Gasteiger partial charge is 0.490 e. The standard InChI is InChI=1S/C38H48N4O5/c1-24-14-15-29-27-12-10-13-28(22-27)30-23-32-39-26(3)33(34(36(43)44)47-37(4,5)6)35(42(32)40-30)41-18-16-38(7,17-19-41)45-20-9-8-11-25(2)46-31(29)21-24/h10,12-15,21-23,25,34H,8-9,11,16-20H2,1-7H3,(H,43,44). The first kappa shape index (κ1) is 33.0. The van der Waals surface area contributed by atoms with E-state index in [-0.39, 0.29) is 11.7 Å². The predicted octanol–water partition coefficient (Wildman–Crippen LogP) is 7.95. The minimum Gasteiger partial charge on any atom is -0.490 e. The Kier molecular flexibility index (Phi) is 9.06. The van der Waals surface area contributed by atoms with Gasteiger partial charge < -0.3 is 24.2 Å². The SMILES string of the molecule is Cc1ccc2c(c1)OC(C)CCCCOC1(C)CCN(CC1)c1c(C(OC(C)(C)C)C(=O)O)c(C)nc3cc(nn13)-c1cccc-2c1. The average Bonchev–Trinajstić information content (AvgIpc) is 3.43. The molecule has 0 saturated carbocycles. The summed E-state index contributed by atoms with van der Waals surface area (Å²) >= 11 is 0. The van der Waals surface area contributed by atoms with Gasteiger partial charge in [0.1, 0.15) is 11.6 Å². The van der Waals surface area contributed by atoms with Crippen molar-refractivity contribution in [3.8, 4) is 28.1 Å². The zero-order valence-electron chi connectivity index (χ0n) is 28.8. The van der Waals surface area contributed by atoms with E-state index in [0.717, 1.165) is 65.8 Å². The van der Waals surface area contributed by atoms with Crippen LogP contribution in [0.15, 0.2) is 48.5 Å². The van der Waals surface area contributed by atoms with Crippen LogP contribution in [0.2, 0.25) is 0 Å². The van der Waals surface area contributed by atoms with Gasteiger partial charge in [-0.3, -0.25) is 0 Å². The zero-order chi connectivity index (χ0) is 33.5. The number of carbonyl (C=O) groups is 1. The van der Waals surface area contributed by atoms with Crippen molar-refractivity contribution < 1.29 is 24.1 Å². The van der Waals surface area contributed by atoms with Crippen molar-refractivity contribution in [3.63, 3.8) is 0 Å². The van der Waals surface area contributed by atoms with Gasteiger partial charge in [0.25, 0.3) is 0 Å². The Morgan fingerprint density at radius 3 is 2.53 bits per heavy atom. The van der Waals surface area contributed by atoms with E-state index in [2.05, 4.69) is 62.1 Å². The molecule has 3 aliphatic heterocycles.